The molecule has 1 N–H and O–H groups in total. The number of amides is 2. The van der Waals surface area contributed by atoms with Crippen molar-refractivity contribution in [2.75, 3.05) is 11.1 Å². The Morgan fingerprint density at radius 3 is 2.32 bits per heavy atom. The van der Waals surface area contributed by atoms with E-state index in [1.807, 2.05) is 12.1 Å². The summed E-state index contributed by atoms with van der Waals surface area (Å²) in [7, 11) is 0. The van der Waals surface area contributed by atoms with Gasteiger partial charge in [-0.2, -0.15) is 0 Å². The van der Waals surface area contributed by atoms with Gasteiger partial charge in [-0.25, -0.2) is 0 Å². The molecule has 0 aromatic carbocycles. The van der Waals surface area contributed by atoms with Crippen molar-refractivity contribution in [2.45, 2.75) is 32.2 Å². The van der Waals surface area contributed by atoms with Crippen LogP contribution in [0.5, 0.6) is 0 Å². The average Bonchev–Trinajstić information content (AvgIpc) is 3.43. The summed E-state index contributed by atoms with van der Waals surface area (Å²) in [6.45, 7) is 4.13. The number of nitrogens with one attached hydrogen (secondary N) is 1. The summed E-state index contributed by atoms with van der Waals surface area (Å²) in [5.41, 5.74) is 0. The van der Waals surface area contributed by atoms with Crippen LogP contribution in [-0.4, -0.2) is 32.9 Å². The molecule has 2 amide bonds. The van der Waals surface area contributed by atoms with Crippen LogP contribution in [0.25, 0.3) is 0 Å². The molecule has 28 heavy (non-hydrogen) atoms. The van der Waals surface area contributed by atoms with Crippen molar-refractivity contribution in [1.82, 2.24) is 10.1 Å². The van der Waals surface area contributed by atoms with Crippen LogP contribution in [0.3, 0.4) is 0 Å². The second kappa shape index (κ2) is 9.32. The summed E-state index contributed by atoms with van der Waals surface area (Å²) in [6, 6.07) is 8.81. The van der Waals surface area contributed by atoms with Crippen molar-refractivity contribution in [3.63, 3.8) is 0 Å². The molecule has 148 valence electrons. The van der Waals surface area contributed by atoms with Crippen LogP contribution in [0.15, 0.2) is 56.2 Å². The molecule has 0 aliphatic carbocycles. The molecule has 3 rings (SSSR count). The lowest BCUT2D eigenvalue weighted by Crippen LogP contribution is -2.32. The van der Waals surface area contributed by atoms with Crippen LogP contribution in [0.1, 0.15) is 24.2 Å². The quantitative estimate of drug-likeness (QED) is 0.584. The smallest absolute Gasteiger partial charge is 0.238 e. The number of aryl methyl sites for hydroxylation is 1. The number of hydrogen-bond donors (Lipinski definition) is 1. The van der Waals surface area contributed by atoms with Crippen molar-refractivity contribution in [1.29, 1.82) is 0 Å². The van der Waals surface area contributed by atoms with E-state index in [4.69, 9.17) is 13.4 Å². The van der Waals surface area contributed by atoms with Crippen molar-refractivity contribution in [3.05, 3.63) is 60.1 Å². The summed E-state index contributed by atoms with van der Waals surface area (Å²) < 4.78 is 15.6. The van der Waals surface area contributed by atoms with Crippen LogP contribution in [0.2, 0.25) is 0 Å². The van der Waals surface area contributed by atoms with Gasteiger partial charge in [0, 0.05) is 6.07 Å². The molecule has 0 saturated carbocycles. The van der Waals surface area contributed by atoms with Gasteiger partial charge in [0.1, 0.15) is 17.3 Å². The normalized spacial score (nSPS) is 11.9. The third-order valence-corrected chi connectivity index (χ3v) is 5.04. The number of carbonyl (C=O) groups is 2. The highest BCUT2D eigenvalue weighted by molar-refractivity contribution is 8.01. The van der Waals surface area contributed by atoms with Crippen molar-refractivity contribution >= 4 is 29.4 Å². The molecule has 0 fully saturated rings. The first-order valence-corrected chi connectivity index (χ1v) is 9.74. The van der Waals surface area contributed by atoms with E-state index in [9.17, 15) is 9.59 Å². The van der Waals surface area contributed by atoms with E-state index in [1.54, 1.807) is 49.5 Å². The first kappa shape index (κ1) is 19.8. The molecular formula is C19H21N3O5S. The Morgan fingerprint density at radius 2 is 1.82 bits per heavy atom. The summed E-state index contributed by atoms with van der Waals surface area (Å²) in [5.74, 6) is 2.11. The average molecular weight is 403 g/mol. The van der Waals surface area contributed by atoms with E-state index in [2.05, 4.69) is 10.5 Å². The second-order valence-corrected chi connectivity index (χ2v) is 7.50. The fourth-order valence-corrected chi connectivity index (χ4v) is 3.22. The van der Waals surface area contributed by atoms with Gasteiger partial charge in [-0.1, -0.05) is 5.16 Å². The van der Waals surface area contributed by atoms with Crippen LogP contribution >= 0.6 is 11.8 Å². The number of anilines is 1. The highest BCUT2D eigenvalue weighted by Gasteiger charge is 2.21. The zero-order valence-corrected chi connectivity index (χ0v) is 16.4. The maximum Gasteiger partial charge on any atom is 0.238 e. The van der Waals surface area contributed by atoms with Crippen molar-refractivity contribution in [3.8, 4) is 0 Å². The van der Waals surface area contributed by atoms with Crippen LogP contribution in [-0.2, 0) is 22.7 Å². The zero-order chi connectivity index (χ0) is 19.9. The standard InChI is InChI=1S/C19H21N3O5S/c1-13-9-17(21-27-13)20-19(24)14(2)28-12-18(23)22(10-15-5-3-7-25-15)11-16-6-4-8-26-16/h3-9,14H,10-12H2,1-2H3,(H,20,21,24). The van der Waals surface area contributed by atoms with Crippen molar-refractivity contribution < 1.29 is 22.9 Å². The molecule has 9 heteroatoms. The minimum absolute atomic E-state index is 0.116. The number of hydrogen-bond acceptors (Lipinski definition) is 7. The zero-order valence-electron chi connectivity index (χ0n) is 15.6. The van der Waals surface area contributed by atoms with Gasteiger partial charge in [0.05, 0.1) is 36.6 Å². The Kier molecular flexibility index (Phi) is 6.59. The van der Waals surface area contributed by atoms with Crippen LogP contribution < -0.4 is 5.32 Å². The maximum atomic E-state index is 12.7. The SMILES string of the molecule is Cc1cc(NC(=O)C(C)SCC(=O)N(Cc2ccco2)Cc2ccco2)no1. The number of carbonyl (C=O) groups excluding carboxylic acids is 2. The lowest BCUT2D eigenvalue weighted by atomic mass is 10.3. The van der Waals surface area contributed by atoms with E-state index in [1.165, 1.54) is 11.8 Å². The third kappa shape index (κ3) is 5.53. The third-order valence-electron chi connectivity index (χ3n) is 3.91. The Bertz CT molecular complexity index is 852. The van der Waals surface area contributed by atoms with E-state index < -0.39 is 5.25 Å². The van der Waals surface area contributed by atoms with Gasteiger partial charge >= 0.3 is 0 Å². The summed E-state index contributed by atoms with van der Waals surface area (Å²) in [5, 5.41) is 5.97. The maximum absolute atomic E-state index is 12.7. The van der Waals surface area contributed by atoms with Gasteiger partial charge in [0.2, 0.25) is 11.8 Å². The fourth-order valence-electron chi connectivity index (χ4n) is 2.43. The topological polar surface area (TPSA) is 102 Å². The number of furan rings is 2. The number of aromatic nitrogens is 1. The first-order valence-electron chi connectivity index (χ1n) is 8.69. The summed E-state index contributed by atoms with van der Waals surface area (Å²) >= 11 is 1.25. The first-order chi connectivity index (χ1) is 13.5. The highest BCUT2D eigenvalue weighted by Crippen LogP contribution is 2.17. The van der Waals surface area contributed by atoms with Gasteiger partial charge < -0.3 is 23.6 Å². The molecule has 0 aliphatic rings. The summed E-state index contributed by atoms with van der Waals surface area (Å²) in [4.78, 5) is 26.6. The Morgan fingerprint density at radius 1 is 1.18 bits per heavy atom. The van der Waals surface area contributed by atoms with E-state index in [0.717, 1.165) is 0 Å². The molecule has 0 saturated heterocycles. The predicted octanol–water partition coefficient (Wildman–Crippen LogP) is 3.46. The molecular weight excluding hydrogens is 382 g/mol. The van der Waals surface area contributed by atoms with E-state index in [-0.39, 0.29) is 17.6 Å². The molecule has 0 aliphatic heterocycles. The molecule has 1 atom stereocenters. The molecule has 8 nitrogen and oxygen atoms in total. The van der Waals surface area contributed by atoms with Gasteiger partial charge in [-0.15, -0.1) is 11.8 Å². The number of thioether (sulfide) groups is 1. The molecule has 3 aromatic heterocycles. The molecule has 3 aromatic rings. The Hall–Kier alpha value is -2.94. The Balaban J connectivity index is 1.55. The molecule has 0 spiro atoms. The van der Waals surface area contributed by atoms with E-state index in [0.29, 0.717) is 36.2 Å². The Labute approximate surface area is 166 Å². The lowest BCUT2D eigenvalue weighted by molar-refractivity contribution is -0.130. The van der Waals surface area contributed by atoms with Crippen LogP contribution in [0, 0.1) is 6.92 Å². The largest absolute Gasteiger partial charge is 0.467 e. The molecule has 0 bridgehead atoms. The summed E-state index contributed by atoms with van der Waals surface area (Å²) in [6.07, 6.45) is 3.13. The number of nitrogens with zero attached hydrogens (tertiary/aromatic N) is 2. The molecule has 0 radical (unpaired) electrons. The predicted molar refractivity (Wildman–Crippen MR) is 103 cm³/mol. The molecule has 1 unspecified atom stereocenters. The van der Waals surface area contributed by atoms with Gasteiger partial charge in [0.25, 0.3) is 0 Å². The van der Waals surface area contributed by atoms with Crippen molar-refractivity contribution in [2.24, 2.45) is 0 Å². The van der Waals surface area contributed by atoms with Crippen LogP contribution in [0.4, 0.5) is 5.82 Å². The lowest BCUT2D eigenvalue weighted by Gasteiger charge is -2.21. The van der Waals surface area contributed by atoms with E-state index >= 15 is 0 Å². The molecule has 3 heterocycles. The van der Waals surface area contributed by atoms with Gasteiger partial charge in [-0.3, -0.25) is 9.59 Å². The van der Waals surface area contributed by atoms with Gasteiger partial charge in [-0.05, 0) is 38.1 Å². The highest BCUT2D eigenvalue weighted by atomic mass is 32.2. The minimum atomic E-state index is -0.435. The number of rotatable bonds is 9. The monoisotopic (exact) mass is 403 g/mol. The second-order valence-electron chi connectivity index (χ2n) is 6.17. The van der Waals surface area contributed by atoms with Gasteiger partial charge in [0.15, 0.2) is 5.82 Å². The fraction of sp³-hybridized carbons (Fsp3) is 0.316. The minimum Gasteiger partial charge on any atom is -0.467 e.